The van der Waals surface area contributed by atoms with Crippen LogP contribution >= 0.6 is 11.6 Å². The van der Waals surface area contributed by atoms with Crippen molar-refractivity contribution in [2.24, 2.45) is 0 Å². The number of aliphatic hydroxyl groups is 1. The second-order valence-corrected chi connectivity index (χ2v) is 5.16. The van der Waals surface area contributed by atoms with Gasteiger partial charge in [0, 0.05) is 18.6 Å². The van der Waals surface area contributed by atoms with Crippen molar-refractivity contribution in [1.29, 1.82) is 0 Å². The summed E-state index contributed by atoms with van der Waals surface area (Å²) >= 11 is 5.96. The van der Waals surface area contributed by atoms with Crippen LogP contribution in [-0.4, -0.2) is 16.7 Å². The van der Waals surface area contributed by atoms with E-state index in [0.29, 0.717) is 23.6 Å². The summed E-state index contributed by atoms with van der Waals surface area (Å²) in [7, 11) is 0. The molecule has 102 valence electrons. The van der Waals surface area contributed by atoms with Crippen molar-refractivity contribution in [2.75, 3.05) is 6.61 Å². The van der Waals surface area contributed by atoms with Gasteiger partial charge in [-0.25, -0.2) is 9.37 Å². The van der Waals surface area contributed by atoms with Gasteiger partial charge in [0.25, 0.3) is 0 Å². The van der Waals surface area contributed by atoms with Crippen LogP contribution < -0.4 is 0 Å². The predicted molar refractivity (Wildman–Crippen MR) is 78.0 cm³/mol. The van der Waals surface area contributed by atoms with Gasteiger partial charge in [0.2, 0.25) is 0 Å². The molecule has 0 bridgehead atoms. The minimum absolute atomic E-state index is 0.0465. The lowest BCUT2D eigenvalue weighted by atomic mass is 10.0. The summed E-state index contributed by atoms with van der Waals surface area (Å²) in [5.74, 6) is -0.219. The lowest BCUT2D eigenvalue weighted by molar-refractivity contribution is 0.299. The van der Waals surface area contributed by atoms with E-state index in [1.807, 2.05) is 18.2 Å². The quantitative estimate of drug-likeness (QED) is 0.877. The van der Waals surface area contributed by atoms with Gasteiger partial charge >= 0.3 is 0 Å². The summed E-state index contributed by atoms with van der Waals surface area (Å²) in [6.07, 6.45) is 2.97. The lowest BCUT2D eigenvalue weighted by Crippen LogP contribution is -2.00. The predicted octanol–water partition coefficient (Wildman–Crippen LogP) is 3.51. The minimum Gasteiger partial charge on any atom is -0.396 e. The van der Waals surface area contributed by atoms with Gasteiger partial charge in [-0.3, -0.25) is 0 Å². The first-order valence-electron chi connectivity index (χ1n) is 6.43. The summed E-state index contributed by atoms with van der Waals surface area (Å²) in [5, 5.41) is 9.54. The van der Waals surface area contributed by atoms with Crippen LogP contribution in [0.4, 0.5) is 4.39 Å². The monoisotopic (exact) mass is 289 g/mol. The summed E-state index contributed by atoms with van der Waals surface area (Å²) in [4.78, 5) is 4.35. The van der Waals surface area contributed by atoms with Crippen LogP contribution in [0.1, 0.15) is 22.4 Å². The molecule has 2 aromatic rings. The molecule has 0 unspecified atom stereocenters. The van der Waals surface area contributed by atoms with E-state index in [2.05, 4.69) is 4.98 Å². The fourth-order valence-electron chi connectivity index (χ4n) is 2.54. The minimum atomic E-state index is -0.219. The van der Waals surface area contributed by atoms with Crippen molar-refractivity contribution < 1.29 is 9.50 Å². The molecule has 0 saturated carbocycles. The fraction of sp³-hybridized carbons (Fsp3) is 0.188. The molecule has 0 radical (unpaired) electrons. The molecular formula is C16H13ClFNO. The third kappa shape index (κ3) is 2.35. The summed E-state index contributed by atoms with van der Waals surface area (Å²) in [6, 6.07) is 8.65. The topological polar surface area (TPSA) is 33.1 Å². The standard InChI is InChI=1S/C16H13ClFNO/c17-15-5-4-10(6-7-20)16(19-15)12-8-11-2-1-3-14(18)13(11)9-12/h1-5,9,20H,6-8H2. The Bertz CT molecular complexity index is 697. The first-order chi connectivity index (χ1) is 9.69. The maximum atomic E-state index is 13.8. The number of halogens is 2. The highest BCUT2D eigenvalue weighted by Crippen LogP contribution is 2.34. The Hall–Kier alpha value is -1.71. The van der Waals surface area contributed by atoms with Gasteiger partial charge in [0.15, 0.2) is 0 Å². The Kier molecular flexibility index (Phi) is 3.55. The van der Waals surface area contributed by atoms with Gasteiger partial charge in [-0.1, -0.05) is 29.8 Å². The number of rotatable bonds is 3. The van der Waals surface area contributed by atoms with Crippen LogP contribution in [0.3, 0.4) is 0 Å². The number of aromatic nitrogens is 1. The van der Waals surface area contributed by atoms with Gasteiger partial charge < -0.3 is 5.11 Å². The Morgan fingerprint density at radius 1 is 1.25 bits per heavy atom. The van der Waals surface area contributed by atoms with Crippen LogP contribution in [0.2, 0.25) is 5.15 Å². The molecule has 0 spiro atoms. The van der Waals surface area contributed by atoms with Crippen LogP contribution in [0, 0.1) is 5.82 Å². The zero-order valence-corrected chi connectivity index (χ0v) is 11.5. The van der Waals surface area contributed by atoms with E-state index in [0.717, 1.165) is 22.4 Å². The zero-order chi connectivity index (χ0) is 14.1. The third-order valence-corrected chi connectivity index (χ3v) is 3.68. The number of hydrogen-bond acceptors (Lipinski definition) is 2. The van der Waals surface area contributed by atoms with E-state index < -0.39 is 0 Å². The van der Waals surface area contributed by atoms with E-state index in [4.69, 9.17) is 16.7 Å². The Labute approximate surface area is 121 Å². The van der Waals surface area contributed by atoms with Crippen molar-refractivity contribution >= 4 is 23.3 Å². The second kappa shape index (κ2) is 5.35. The van der Waals surface area contributed by atoms with Crippen LogP contribution in [0.5, 0.6) is 0 Å². The van der Waals surface area contributed by atoms with Gasteiger partial charge in [-0.05, 0) is 41.3 Å². The van der Waals surface area contributed by atoms with E-state index in [-0.39, 0.29) is 12.4 Å². The summed E-state index contributed by atoms with van der Waals surface area (Å²) in [5.41, 5.74) is 4.20. The molecule has 1 heterocycles. The molecule has 0 aliphatic heterocycles. The van der Waals surface area contributed by atoms with Gasteiger partial charge in [0.1, 0.15) is 11.0 Å². The average Bonchev–Trinajstić information content (AvgIpc) is 2.86. The van der Waals surface area contributed by atoms with Gasteiger partial charge in [-0.15, -0.1) is 0 Å². The summed E-state index contributed by atoms with van der Waals surface area (Å²) in [6.45, 7) is 0.0465. The molecule has 3 rings (SSSR count). The molecule has 1 aliphatic carbocycles. The highest BCUT2D eigenvalue weighted by Gasteiger charge is 2.20. The number of allylic oxidation sites excluding steroid dienone is 1. The number of benzene rings is 1. The molecule has 20 heavy (non-hydrogen) atoms. The van der Waals surface area contributed by atoms with Gasteiger partial charge in [-0.2, -0.15) is 0 Å². The normalized spacial score (nSPS) is 13.2. The molecule has 1 aromatic heterocycles. The van der Waals surface area contributed by atoms with Crippen LogP contribution in [-0.2, 0) is 12.8 Å². The highest BCUT2D eigenvalue weighted by atomic mass is 35.5. The average molecular weight is 290 g/mol. The van der Waals surface area contributed by atoms with Gasteiger partial charge in [0.05, 0.1) is 5.69 Å². The van der Waals surface area contributed by atoms with E-state index in [1.165, 1.54) is 6.07 Å². The highest BCUT2D eigenvalue weighted by molar-refractivity contribution is 6.29. The SMILES string of the molecule is OCCc1ccc(Cl)nc1C1=Cc2c(F)cccc2C1. The molecule has 1 aromatic carbocycles. The summed E-state index contributed by atoms with van der Waals surface area (Å²) < 4.78 is 13.8. The Morgan fingerprint density at radius 2 is 2.10 bits per heavy atom. The molecule has 1 aliphatic rings. The van der Waals surface area contributed by atoms with Crippen molar-refractivity contribution in [3.8, 4) is 0 Å². The van der Waals surface area contributed by atoms with Crippen LogP contribution in [0.25, 0.3) is 11.6 Å². The molecule has 0 fully saturated rings. The number of nitrogens with zero attached hydrogens (tertiary/aromatic N) is 1. The van der Waals surface area contributed by atoms with E-state index in [1.54, 1.807) is 12.1 Å². The Balaban J connectivity index is 2.06. The third-order valence-electron chi connectivity index (χ3n) is 3.47. The first kappa shape index (κ1) is 13.3. The number of aliphatic hydroxyl groups excluding tert-OH is 1. The Morgan fingerprint density at radius 3 is 2.85 bits per heavy atom. The molecule has 0 amide bonds. The maximum Gasteiger partial charge on any atom is 0.130 e. The molecule has 0 atom stereocenters. The second-order valence-electron chi connectivity index (χ2n) is 4.77. The van der Waals surface area contributed by atoms with Crippen molar-refractivity contribution in [3.05, 3.63) is 63.7 Å². The molecular weight excluding hydrogens is 277 g/mol. The number of pyridine rings is 1. The smallest absolute Gasteiger partial charge is 0.130 e. The molecule has 0 saturated heterocycles. The fourth-order valence-corrected chi connectivity index (χ4v) is 2.69. The largest absolute Gasteiger partial charge is 0.396 e. The molecule has 1 N–H and O–H groups in total. The molecule has 4 heteroatoms. The van der Waals surface area contributed by atoms with E-state index in [9.17, 15) is 4.39 Å². The van der Waals surface area contributed by atoms with Crippen LogP contribution in [0.15, 0.2) is 30.3 Å². The van der Waals surface area contributed by atoms with Crippen molar-refractivity contribution in [1.82, 2.24) is 4.98 Å². The maximum absolute atomic E-state index is 13.8. The van der Waals surface area contributed by atoms with Crippen molar-refractivity contribution in [3.63, 3.8) is 0 Å². The number of hydrogen-bond donors (Lipinski definition) is 1. The first-order valence-corrected chi connectivity index (χ1v) is 6.81. The number of fused-ring (bicyclic) bond motifs is 1. The van der Waals surface area contributed by atoms with Crippen molar-refractivity contribution in [2.45, 2.75) is 12.8 Å². The molecule has 2 nitrogen and oxygen atoms in total. The zero-order valence-electron chi connectivity index (χ0n) is 10.7. The lowest BCUT2D eigenvalue weighted by Gasteiger charge is -2.09. The van der Waals surface area contributed by atoms with E-state index >= 15 is 0 Å².